The second kappa shape index (κ2) is 4.97. The van der Waals surface area contributed by atoms with Gasteiger partial charge in [-0.15, -0.1) is 10.2 Å². The SMILES string of the molecule is F[C@@H]1C2CCCC(C[C@@H]1Oc1ccc(Cl)nn1)N2. The number of ether oxygens (including phenoxy) is 1. The Labute approximate surface area is 110 Å². The molecule has 4 atom stereocenters. The Morgan fingerprint density at radius 3 is 3.00 bits per heavy atom. The van der Waals surface area contributed by atoms with Crippen molar-refractivity contribution < 1.29 is 9.13 Å². The molecule has 1 N–H and O–H groups in total. The first-order valence-electron chi connectivity index (χ1n) is 6.28. The van der Waals surface area contributed by atoms with Gasteiger partial charge in [-0.1, -0.05) is 18.0 Å². The van der Waals surface area contributed by atoms with Crippen LogP contribution in [0.2, 0.25) is 5.15 Å². The number of hydrogen-bond donors (Lipinski definition) is 1. The van der Waals surface area contributed by atoms with Gasteiger partial charge in [0.2, 0.25) is 5.88 Å². The predicted molar refractivity (Wildman–Crippen MR) is 65.5 cm³/mol. The molecule has 2 fully saturated rings. The number of nitrogens with zero attached hydrogens (tertiary/aromatic N) is 2. The van der Waals surface area contributed by atoms with Crippen LogP contribution in [0, 0.1) is 0 Å². The van der Waals surface area contributed by atoms with E-state index in [0.717, 1.165) is 19.3 Å². The van der Waals surface area contributed by atoms with E-state index in [2.05, 4.69) is 15.5 Å². The Hall–Kier alpha value is -0.940. The third-order valence-corrected chi connectivity index (χ3v) is 3.86. The molecule has 1 aromatic heterocycles. The van der Waals surface area contributed by atoms with E-state index in [0.29, 0.717) is 23.5 Å². The summed E-state index contributed by atoms with van der Waals surface area (Å²) in [5, 5.41) is 11.1. The van der Waals surface area contributed by atoms with Crippen LogP contribution in [0.5, 0.6) is 5.88 Å². The second-order valence-electron chi connectivity index (χ2n) is 4.93. The van der Waals surface area contributed by atoms with Gasteiger partial charge in [-0.2, -0.15) is 0 Å². The van der Waals surface area contributed by atoms with E-state index in [1.165, 1.54) is 0 Å². The van der Waals surface area contributed by atoms with Gasteiger partial charge in [-0.3, -0.25) is 0 Å². The molecule has 18 heavy (non-hydrogen) atoms. The Bertz CT molecular complexity index is 416. The molecule has 0 radical (unpaired) electrons. The molecule has 4 nitrogen and oxygen atoms in total. The van der Waals surface area contributed by atoms with Gasteiger partial charge < -0.3 is 10.1 Å². The summed E-state index contributed by atoms with van der Waals surface area (Å²) in [7, 11) is 0. The average Bonchev–Trinajstić information content (AvgIpc) is 2.39. The largest absolute Gasteiger partial charge is 0.470 e. The molecule has 0 saturated carbocycles. The van der Waals surface area contributed by atoms with Gasteiger partial charge in [-0.25, -0.2) is 4.39 Å². The molecule has 0 aliphatic carbocycles. The number of halogens is 2. The molecule has 1 aromatic rings. The van der Waals surface area contributed by atoms with Gasteiger partial charge in [0, 0.05) is 24.6 Å². The highest BCUT2D eigenvalue weighted by atomic mass is 35.5. The molecule has 0 spiro atoms. The number of aromatic nitrogens is 2. The van der Waals surface area contributed by atoms with Crippen LogP contribution in [-0.4, -0.2) is 34.6 Å². The van der Waals surface area contributed by atoms with Crippen LogP contribution in [0.4, 0.5) is 4.39 Å². The maximum atomic E-state index is 14.2. The summed E-state index contributed by atoms with van der Waals surface area (Å²) in [4.78, 5) is 0. The minimum atomic E-state index is -0.987. The van der Waals surface area contributed by atoms with Gasteiger partial charge in [-0.05, 0) is 18.9 Å². The van der Waals surface area contributed by atoms with Gasteiger partial charge in [0.15, 0.2) is 11.3 Å². The van der Waals surface area contributed by atoms with Crippen molar-refractivity contribution >= 4 is 11.6 Å². The van der Waals surface area contributed by atoms with Crippen LogP contribution in [0.15, 0.2) is 12.1 Å². The molecule has 2 saturated heterocycles. The summed E-state index contributed by atoms with van der Waals surface area (Å²) in [6.45, 7) is 0. The smallest absolute Gasteiger partial charge is 0.233 e. The van der Waals surface area contributed by atoms with Crippen molar-refractivity contribution in [2.24, 2.45) is 0 Å². The van der Waals surface area contributed by atoms with Gasteiger partial charge >= 0.3 is 0 Å². The lowest BCUT2D eigenvalue weighted by Gasteiger charge is -2.42. The van der Waals surface area contributed by atoms with Crippen molar-refractivity contribution in [3.05, 3.63) is 17.3 Å². The van der Waals surface area contributed by atoms with Crippen LogP contribution >= 0.6 is 11.6 Å². The molecule has 98 valence electrons. The van der Waals surface area contributed by atoms with E-state index in [1.807, 2.05) is 0 Å². The molecule has 0 amide bonds. The quantitative estimate of drug-likeness (QED) is 0.895. The highest BCUT2D eigenvalue weighted by Gasteiger charge is 2.41. The summed E-state index contributed by atoms with van der Waals surface area (Å²) in [6, 6.07) is 3.50. The lowest BCUT2D eigenvalue weighted by Crippen LogP contribution is -2.59. The van der Waals surface area contributed by atoms with Crippen LogP contribution in [0.25, 0.3) is 0 Å². The molecule has 6 heteroatoms. The van der Waals surface area contributed by atoms with E-state index in [1.54, 1.807) is 12.1 Å². The maximum absolute atomic E-state index is 14.2. The minimum Gasteiger partial charge on any atom is -0.470 e. The molecular formula is C12H15ClFN3O. The lowest BCUT2D eigenvalue weighted by molar-refractivity contribution is 0.00650. The molecule has 2 unspecified atom stereocenters. The average molecular weight is 272 g/mol. The third kappa shape index (κ3) is 2.42. The molecule has 3 heterocycles. The normalized spacial score (nSPS) is 35.2. The minimum absolute atomic E-state index is 0.0808. The van der Waals surface area contributed by atoms with Crippen molar-refractivity contribution in [1.82, 2.24) is 15.5 Å². The Balaban J connectivity index is 1.70. The van der Waals surface area contributed by atoms with Crippen molar-refractivity contribution in [3.8, 4) is 5.88 Å². The first-order chi connectivity index (χ1) is 8.72. The van der Waals surface area contributed by atoms with Gasteiger partial charge in [0.25, 0.3) is 0 Å². The Morgan fingerprint density at radius 2 is 2.22 bits per heavy atom. The van der Waals surface area contributed by atoms with E-state index in [9.17, 15) is 4.39 Å². The van der Waals surface area contributed by atoms with Crippen LogP contribution < -0.4 is 10.1 Å². The van der Waals surface area contributed by atoms with Gasteiger partial charge in [0.1, 0.15) is 6.10 Å². The summed E-state index contributed by atoms with van der Waals surface area (Å²) in [6.07, 6.45) is 2.33. The fourth-order valence-electron chi connectivity index (χ4n) is 2.79. The zero-order chi connectivity index (χ0) is 12.5. The van der Waals surface area contributed by atoms with E-state index < -0.39 is 12.3 Å². The fraction of sp³-hybridized carbons (Fsp3) is 0.667. The van der Waals surface area contributed by atoms with E-state index in [4.69, 9.17) is 16.3 Å². The summed E-state index contributed by atoms with van der Waals surface area (Å²) in [5.74, 6) is 0.340. The van der Waals surface area contributed by atoms with E-state index in [-0.39, 0.29) is 6.04 Å². The molecule has 0 aromatic carbocycles. The zero-order valence-electron chi connectivity index (χ0n) is 9.85. The second-order valence-corrected chi connectivity index (χ2v) is 5.32. The fourth-order valence-corrected chi connectivity index (χ4v) is 2.90. The number of hydrogen-bond acceptors (Lipinski definition) is 4. The van der Waals surface area contributed by atoms with Crippen LogP contribution in [-0.2, 0) is 0 Å². The summed E-state index contributed by atoms with van der Waals surface area (Å²) in [5.41, 5.74) is 0. The number of rotatable bonds is 2. The van der Waals surface area contributed by atoms with Crippen molar-refractivity contribution in [1.29, 1.82) is 0 Å². The third-order valence-electron chi connectivity index (χ3n) is 3.65. The molecule has 2 aliphatic rings. The number of alkyl halides is 1. The van der Waals surface area contributed by atoms with Crippen LogP contribution in [0.1, 0.15) is 25.7 Å². The molecule has 2 aliphatic heterocycles. The molecular weight excluding hydrogens is 257 g/mol. The summed E-state index contributed by atoms with van der Waals surface area (Å²) >= 11 is 5.65. The summed E-state index contributed by atoms with van der Waals surface area (Å²) < 4.78 is 19.8. The highest BCUT2D eigenvalue weighted by molar-refractivity contribution is 6.29. The van der Waals surface area contributed by atoms with Crippen LogP contribution in [0.3, 0.4) is 0 Å². The van der Waals surface area contributed by atoms with Crippen molar-refractivity contribution in [2.75, 3.05) is 0 Å². The van der Waals surface area contributed by atoms with Gasteiger partial charge in [0.05, 0.1) is 0 Å². The lowest BCUT2D eigenvalue weighted by atomic mass is 9.84. The molecule has 2 bridgehead atoms. The number of piperidine rings is 2. The first kappa shape index (κ1) is 12.1. The van der Waals surface area contributed by atoms with Crippen molar-refractivity contribution in [2.45, 2.75) is 50.0 Å². The molecule has 3 rings (SSSR count). The zero-order valence-corrected chi connectivity index (χ0v) is 10.6. The topological polar surface area (TPSA) is 47.0 Å². The standard InChI is InChI=1S/C12H15ClFN3O/c13-10-4-5-11(17-16-10)18-9-6-7-2-1-3-8(15-7)12(9)14/h4-5,7-9,12,15H,1-3,6H2/t7?,8?,9-,12+/m0/s1. The predicted octanol–water partition coefficient (Wildman–Crippen LogP) is 2.13. The van der Waals surface area contributed by atoms with E-state index >= 15 is 0 Å². The number of nitrogens with one attached hydrogen (secondary N) is 1. The first-order valence-corrected chi connectivity index (χ1v) is 6.66. The maximum Gasteiger partial charge on any atom is 0.233 e. The highest BCUT2D eigenvalue weighted by Crippen LogP contribution is 2.30. The Morgan fingerprint density at radius 1 is 1.33 bits per heavy atom. The Kier molecular flexibility index (Phi) is 3.35. The number of fused-ring (bicyclic) bond motifs is 2. The monoisotopic (exact) mass is 271 g/mol. The van der Waals surface area contributed by atoms with Crippen molar-refractivity contribution in [3.63, 3.8) is 0 Å².